The number of hydrogen-bond donors (Lipinski definition) is 0. The minimum atomic E-state index is 0.544. The summed E-state index contributed by atoms with van der Waals surface area (Å²) in [5, 5.41) is 0.544. The number of pyridine rings is 1. The van der Waals surface area contributed by atoms with Crippen molar-refractivity contribution in [2.24, 2.45) is 0 Å². The summed E-state index contributed by atoms with van der Waals surface area (Å²) in [5.74, 6) is 1.81. The number of hydrogen-bond acceptors (Lipinski definition) is 1. The van der Waals surface area contributed by atoms with E-state index in [1.165, 1.54) is 0 Å². The van der Waals surface area contributed by atoms with Gasteiger partial charge in [0.05, 0.1) is 0 Å². The lowest BCUT2D eigenvalue weighted by molar-refractivity contribution is 1.33. The fourth-order valence-corrected chi connectivity index (χ4v) is 0.471. The van der Waals surface area contributed by atoms with Crippen molar-refractivity contribution in [1.82, 2.24) is 4.98 Å². The third kappa shape index (κ3) is 4.43. The molecule has 1 aromatic rings. The lowest BCUT2D eigenvalue weighted by Gasteiger charge is -1.79. The quantitative estimate of drug-likeness (QED) is 0.472. The molecule has 1 aromatic heterocycles. The van der Waals surface area contributed by atoms with E-state index in [9.17, 15) is 0 Å². The molecule has 0 spiro atoms. The molecule has 50 valence electrons. The molecule has 0 aliphatic rings. The fourth-order valence-electron chi connectivity index (χ4n) is 0.342. The maximum absolute atomic E-state index is 5.43. The lowest BCUT2D eigenvalue weighted by atomic mass is 10.5. The van der Waals surface area contributed by atoms with Crippen LogP contribution in [-0.4, -0.2) is 10.8 Å². The summed E-state index contributed by atoms with van der Waals surface area (Å²) >= 11 is 8.37. The second-order valence-corrected chi connectivity index (χ2v) is 1.54. The first-order valence-electron chi connectivity index (χ1n) is 2.34. The summed E-state index contributed by atoms with van der Waals surface area (Å²) in [5.41, 5.74) is 0. The second kappa shape index (κ2) is 6.05. The van der Waals surface area contributed by atoms with Crippen LogP contribution in [0.5, 0.6) is 0 Å². The van der Waals surface area contributed by atoms with E-state index in [0.717, 1.165) is 0 Å². The Morgan fingerprint density at radius 3 is 2.33 bits per heavy atom. The Kier molecular flexibility index (Phi) is 5.99. The van der Waals surface area contributed by atoms with Crippen LogP contribution in [0, 0.1) is 0 Å². The van der Waals surface area contributed by atoms with Gasteiger partial charge in [-0.25, -0.2) is 4.98 Å². The van der Waals surface area contributed by atoms with Crippen molar-refractivity contribution in [3.63, 3.8) is 0 Å². The normalized spacial score (nSPS) is 7.44. The number of rotatable bonds is 0. The highest BCUT2D eigenvalue weighted by molar-refractivity contribution is 9.08. The SMILES string of the molecule is CBr.Clc1ccccn1. The molecule has 1 heterocycles. The van der Waals surface area contributed by atoms with Crippen LogP contribution < -0.4 is 0 Å². The smallest absolute Gasteiger partial charge is 0.129 e. The highest BCUT2D eigenvalue weighted by Gasteiger charge is 1.76. The van der Waals surface area contributed by atoms with Gasteiger partial charge in [-0.15, -0.1) is 0 Å². The van der Waals surface area contributed by atoms with E-state index in [-0.39, 0.29) is 0 Å². The average Bonchev–Trinajstić information content (AvgIpc) is 1.94. The third-order valence-electron chi connectivity index (χ3n) is 0.629. The maximum atomic E-state index is 5.43. The van der Waals surface area contributed by atoms with Gasteiger partial charge in [0.1, 0.15) is 5.15 Å². The van der Waals surface area contributed by atoms with E-state index in [4.69, 9.17) is 11.6 Å². The van der Waals surface area contributed by atoms with Gasteiger partial charge in [-0.1, -0.05) is 33.6 Å². The first-order valence-corrected chi connectivity index (χ1v) is 4.30. The van der Waals surface area contributed by atoms with Crippen LogP contribution in [0.1, 0.15) is 0 Å². The van der Waals surface area contributed by atoms with Crippen LogP contribution in [0.3, 0.4) is 0 Å². The number of nitrogens with zero attached hydrogens (tertiary/aromatic N) is 1. The van der Waals surface area contributed by atoms with Gasteiger partial charge < -0.3 is 0 Å². The molecule has 0 bridgehead atoms. The van der Waals surface area contributed by atoms with Gasteiger partial charge >= 0.3 is 0 Å². The summed E-state index contributed by atoms with van der Waals surface area (Å²) < 4.78 is 0. The number of alkyl halides is 1. The van der Waals surface area contributed by atoms with Gasteiger partial charge in [-0.05, 0) is 18.0 Å². The van der Waals surface area contributed by atoms with Crippen LogP contribution in [0.15, 0.2) is 24.4 Å². The van der Waals surface area contributed by atoms with Crippen LogP contribution in [-0.2, 0) is 0 Å². The fraction of sp³-hybridized carbons (Fsp3) is 0.167. The molecular formula is C6H7BrClN. The molecule has 0 amide bonds. The first kappa shape index (κ1) is 8.92. The standard InChI is InChI=1S/C5H4ClN.CH3Br/c6-5-3-1-2-4-7-5;1-2/h1-4H;1H3. The van der Waals surface area contributed by atoms with Gasteiger partial charge in [0.15, 0.2) is 0 Å². The van der Waals surface area contributed by atoms with Crippen molar-refractivity contribution in [2.45, 2.75) is 0 Å². The molecule has 0 aromatic carbocycles. The Morgan fingerprint density at radius 2 is 2.11 bits per heavy atom. The Morgan fingerprint density at radius 1 is 1.44 bits per heavy atom. The Balaban J connectivity index is 0.000000291. The minimum Gasteiger partial charge on any atom is -0.245 e. The summed E-state index contributed by atoms with van der Waals surface area (Å²) in [4.78, 5) is 3.74. The molecule has 1 rings (SSSR count). The molecule has 0 saturated carbocycles. The van der Waals surface area contributed by atoms with Gasteiger partial charge in [-0.3, -0.25) is 0 Å². The summed E-state index contributed by atoms with van der Waals surface area (Å²) in [6.07, 6.45) is 1.66. The predicted octanol–water partition coefficient (Wildman–Crippen LogP) is 2.75. The molecule has 0 aliphatic heterocycles. The van der Waals surface area contributed by atoms with Gasteiger partial charge in [0.2, 0.25) is 0 Å². The van der Waals surface area contributed by atoms with Gasteiger partial charge in [0.25, 0.3) is 0 Å². The highest BCUT2D eigenvalue weighted by Crippen LogP contribution is 1.98. The number of halogens is 2. The number of aromatic nitrogens is 1. The zero-order chi connectivity index (χ0) is 7.11. The van der Waals surface area contributed by atoms with E-state index < -0.39 is 0 Å². The van der Waals surface area contributed by atoms with E-state index >= 15 is 0 Å². The Bertz CT molecular complexity index is 143. The van der Waals surface area contributed by atoms with Gasteiger partial charge in [0, 0.05) is 6.20 Å². The van der Waals surface area contributed by atoms with Gasteiger partial charge in [-0.2, -0.15) is 0 Å². The molecule has 0 aliphatic carbocycles. The predicted molar refractivity (Wildman–Crippen MR) is 44.1 cm³/mol. The third-order valence-corrected chi connectivity index (χ3v) is 0.852. The van der Waals surface area contributed by atoms with E-state index in [1.807, 2.05) is 18.0 Å². The van der Waals surface area contributed by atoms with Crippen molar-refractivity contribution in [2.75, 3.05) is 5.83 Å². The van der Waals surface area contributed by atoms with Crippen molar-refractivity contribution < 1.29 is 0 Å². The van der Waals surface area contributed by atoms with Crippen molar-refractivity contribution in [1.29, 1.82) is 0 Å². The molecule has 0 fully saturated rings. The molecule has 1 nitrogen and oxygen atoms in total. The van der Waals surface area contributed by atoms with Crippen LogP contribution in [0.25, 0.3) is 0 Å². The Hall–Kier alpha value is -0.0800. The van der Waals surface area contributed by atoms with Crippen molar-refractivity contribution in [3.8, 4) is 0 Å². The van der Waals surface area contributed by atoms with E-state index in [1.54, 1.807) is 12.3 Å². The molecule has 0 N–H and O–H groups in total. The lowest BCUT2D eigenvalue weighted by Crippen LogP contribution is -1.65. The zero-order valence-electron chi connectivity index (χ0n) is 5.01. The van der Waals surface area contributed by atoms with Crippen molar-refractivity contribution >= 4 is 27.5 Å². The zero-order valence-corrected chi connectivity index (χ0v) is 7.35. The molecule has 0 saturated heterocycles. The monoisotopic (exact) mass is 207 g/mol. The van der Waals surface area contributed by atoms with E-state index in [2.05, 4.69) is 20.9 Å². The second-order valence-electron chi connectivity index (χ2n) is 1.15. The van der Waals surface area contributed by atoms with Crippen molar-refractivity contribution in [3.05, 3.63) is 29.5 Å². The Labute approximate surface area is 68.2 Å². The molecule has 3 heteroatoms. The molecular weight excluding hydrogens is 201 g/mol. The molecule has 0 unspecified atom stereocenters. The minimum absolute atomic E-state index is 0.544. The largest absolute Gasteiger partial charge is 0.245 e. The van der Waals surface area contributed by atoms with Crippen LogP contribution in [0.2, 0.25) is 5.15 Å². The molecule has 0 radical (unpaired) electrons. The maximum Gasteiger partial charge on any atom is 0.129 e. The topological polar surface area (TPSA) is 12.9 Å². The van der Waals surface area contributed by atoms with E-state index in [0.29, 0.717) is 5.15 Å². The van der Waals surface area contributed by atoms with Crippen LogP contribution in [0.4, 0.5) is 0 Å². The first-order chi connectivity index (χ1) is 4.39. The molecule has 9 heavy (non-hydrogen) atoms. The average molecular weight is 208 g/mol. The highest BCUT2D eigenvalue weighted by atomic mass is 79.9. The molecule has 0 atom stereocenters. The van der Waals surface area contributed by atoms with Crippen LogP contribution >= 0.6 is 27.5 Å². The summed E-state index contributed by atoms with van der Waals surface area (Å²) in [7, 11) is 0. The summed E-state index contributed by atoms with van der Waals surface area (Å²) in [6.45, 7) is 0. The summed E-state index contributed by atoms with van der Waals surface area (Å²) in [6, 6.07) is 5.41.